The zero-order chi connectivity index (χ0) is 14.8. The summed E-state index contributed by atoms with van der Waals surface area (Å²) in [5.74, 6) is 0.0730. The Labute approximate surface area is 125 Å². The number of fused-ring (bicyclic) bond motifs is 1. The number of oxime groups is 1. The average Bonchev–Trinajstić information content (AvgIpc) is 2.53. The molecule has 2 aliphatic heterocycles. The van der Waals surface area contributed by atoms with Gasteiger partial charge in [-0.15, -0.1) is 0 Å². The van der Waals surface area contributed by atoms with Crippen molar-refractivity contribution in [3.63, 3.8) is 0 Å². The predicted octanol–water partition coefficient (Wildman–Crippen LogP) is 1.24. The van der Waals surface area contributed by atoms with Gasteiger partial charge in [-0.05, 0) is 38.4 Å². The van der Waals surface area contributed by atoms with E-state index in [1.807, 2.05) is 12.1 Å². The lowest BCUT2D eigenvalue weighted by Gasteiger charge is -2.48. The lowest BCUT2D eigenvalue weighted by atomic mass is 9.96. The van der Waals surface area contributed by atoms with Crippen LogP contribution >= 0.6 is 0 Å². The number of nitrogens with zero attached hydrogens (tertiary/aromatic N) is 4. The van der Waals surface area contributed by atoms with E-state index in [0.717, 1.165) is 18.8 Å². The first-order valence-electron chi connectivity index (χ1n) is 7.64. The largest absolute Gasteiger partial charge is 0.409 e. The quantitative estimate of drug-likeness (QED) is 0.371. The summed E-state index contributed by atoms with van der Waals surface area (Å²) in [6, 6.07) is 4.92. The molecule has 2 atom stereocenters. The number of pyridine rings is 1. The van der Waals surface area contributed by atoms with Gasteiger partial charge in [0.15, 0.2) is 5.84 Å². The Morgan fingerprint density at radius 1 is 1.43 bits per heavy atom. The summed E-state index contributed by atoms with van der Waals surface area (Å²) >= 11 is 0. The zero-order valence-corrected chi connectivity index (χ0v) is 12.4. The number of amidine groups is 1. The molecular weight excluding hydrogens is 266 g/mol. The SMILES string of the molecule is CC1CN2CCCCC2CN1c1cccnc1/C(N)=N/O. The third-order valence-corrected chi connectivity index (χ3v) is 4.63. The molecule has 0 saturated carbocycles. The molecule has 0 radical (unpaired) electrons. The van der Waals surface area contributed by atoms with Crippen LogP contribution in [0.3, 0.4) is 0 Å². The van der Waals surface area contributed by atoms with E-state index in [-0.39, 0.29) is 5.84 Å². The number of hydrogen-bond donors (Lipinski definition) is 2. The van der Waals surface area contributed by atoms with Gasteiger partial charge in [0.05, 0.1) is 5.69 Å². The molecule has 6 heteroatoms. The Morgan fingerprint density at radius 3 is 3.10 bits per heavy atom. The second-order valence-electron chi connectivity index (χ2n) is 6.00. The number of rotatable bonds is 2. The molecule has 6 nitrogen and oxygen atoms in total. The van der Waals surface area contributed by atoms with Gasteiger partial charge < -0.3 is 15.8 Å². The van der Waals surface area contributed by atoms with Crippen LogP contribution in [0.5, 0.6) is 0 Å². The fourth-order valence-electron chi connectivity index (χ4n) is 3.56. The minimum Gasteiger partial charge on any atom is -0.409 e. The van der Waals surface area contributed by atoms with Gasteiger partial charge in [-0.25, -0.2) is 0 Å². The second-order valence-corrected chi connectivity index (χ2v) is 6.00. The summed E-state index contributed by atoms with van der Waals surface area (Å²) < 4.78 is 0. The van der Waals surface area contributed by atoms with E-state index in [2.05, 4.69) is 26.9 Å². The first-order chi connectivity index (χ1) is 10.2. The molecule has 2 fully saturated rings. The van der Waals surface area contributed by atoms with E-state index in [1.54, 1.807) is 6.20 Å². The topological polar surface area (TPSA) is 78.0 Å². The number of anilines is 1. The lowest BCUT2D eigenvalue weighted by Crippen LogP contribution is -2.59. The highest BCUT2D eigenvalue weighted by Crippen LogP contribution is 2.29. The Morgan fingerprint density at radius 2 is 2.29 bits per heavy atom. The number of nitrogens with two attached hydrogens (primary N) is 1. The van der Waals surface area contributed by atoms with Crippen molar-refractivity contribution in [3.05, 3.63) is 24.0 Å². The van der Waals surface area contributed by atoms with Gasteiger partial charge in [0.1, 0.15) is 5.69 Å². The fraction of sp³-hybridized carbons (Fsp3) is 0.600. The van der Waals surface area contributed by atoms with E-state index in [4.69, 9.17) is 10.9 Å². The number of piperidine rings is 1. The maximum Gasteiger partial charge on any atom is 0.190 e. The van der Waals surface area contributed by atoms with E-state index in [0.29, 0.717) is 17.8 Å². The first-order valence-corrected chi connectivity index (χ1v) is 7.64. The smallest absolute Gasteiger partial charge is 0.190 e. The van der Waals surface area contributed by atoms with Gasteiger partial charge >= 0.3 is 0 Å². The minimum atomic E-state index is 0.0730. The number of aromatic nitrogens is 1. The van der Waals surface area contributed by atoms with Crippen molar-refractivity contribution in [1.29, 1.82) is 0 Å². The van der Waals surface area contributed by atoms with E-state index in [1.165, 1.54) is 25.8 Å². The monoisotopic (exact) mass is 289 g/mol. The molecule has 2 saturated heterocycles. The molecule has 0 aliphatic carbocycles. The number of hydrogen-bond acceptors (Lipinski definition) is 5. The predicted molar refractivity (Wildman–Crippen MR) is 82.8 cm³/mol. The molecule has 114 valence electrons. The van der Waals surface area contributed by atoms with Gasteiger partial charge in [0, 0.05) is 31.4 Å². The van der Waals surface area contributed by atoms with Crippen molar-refractivity contribution in [3.8, 4) is 0 Å². The van der Waals surface area contributed by atoms with Crippen LogP contribution in [0.15, 0.2) is 23.5 Å². The van der Waals surface area contributed by atoms with E-state index >= 15 is 0 Å². The summed E-state index contributed by atoms with van der Waals surface area (Å²) in [6.07, 6.45) is 5.55. The Balaban J connectivity index is 1.89. The summed E-state index contributed by atoms with van der Waals surface area (Å²) in [7, 11) is 0. The molecule has 3 rings (SSSR count). The normalized spacial score (nSPS) is 27.5. The molecular formula is C15H23N5O. The van der Waals surface area contributed by atoms with Crippen molar-refractivity contribution < 1.29 is 5.21 Å². The average molecular weight is 289 g/mol. The molecule has 3 heterocycles. The van der Waals surface area contributed by atoms with Crippen LogP contribution < -0.4 is 10.6 Å². The van der Waals surface area contributed by atoms with Gasteiger partial charge in [0.25, 0.3) is 0 Å². The van der Waals surface area contributed by atoms with Crippen molar-refractivity contribution in [2.45, 2.75) is 38.3 Å². The van der Waals surface area contributed by atoms with Crippen LogP contribution in [0.1, 0.15) is 31.9 Å². The van der Waals surface area contributed by atoms with Gasteiger partial charge in [-0.1, -0.05) is 11.6 Å². The summed E-state index contributed by atoms with van der Waals surface area (Å²) in [6.45, 7) is 5.49. The molecule has 1 aromatic rings. The van der Waals surface area contributed by atoms with Crippen molar-refractivity contribution in [2.75, 3.05) is 24.5 Å². The fourth-order valence-corrected chi connectivity index (χ4v) is 3.56. The molecule has 0 aromatic carbocycles. The van der Waals surface area contributed by atoms with Gasteiger partial charge in [-0.3, -0.25) is 9.88 Å². The van der Waals surface area contributed by atoms with Gasteiger partial charge in [0.2, 0.25) is 0 Å². The molecule has 1 aromatic heterocycles. The van der Waals surface area contributed by atoms with E-state index in [9.17, 15) is 0 Å². The Bertz CT molecular complexity index is 533. The molecule has 2 aliphatic rings. The summed E-state index contributed by atoms with van der Waals surface area (Å²) in [5.41, 5.74) is 7.31. The van der Waals surface area contributed by atoms with E-state index < -0.39 is 0 Å². The first kappa shape index (κ1) is 14.1. The minimum absolute atomic E-state index is 0.0730. The molecule has 0 spiro atoms. The second kappa shape index (κ2) is 5.89. The maximum absolute atomic E-state index is 8.96. The van der Waals surface area contributed by atoms with Crippen LogP contribution in [-0.4, -0.2) is 52.6 Å². The highest BCUT2D eigenvalue weighted by Gasteiger charge is 2.34. The summed E-state index contributed by atoms with van der Waals surface area (Å²) in [5, 5.41) is 12.1. The Kier molecular flexibility index (Phi) is 3.96. The third-order valence-electron chi connectivity index (χ3n) is 4.63. The third kappa shape index (κ3) is 2.68. The molecule has 21 heavy (non-hydrogen) atoms. The molecule has 0 bridgehead atoms. The van der Waals surface area contributed by atoms with Crippen molar-refractivity contribution in [1.82, 2.24) is 9.88 Å². The molecule has 0 amide bonds. The van der Waals surface area contributed by atoms with Crippen LogP contribution in [-0.2, 0) is 0 Å². The molecule has 2 unspecified atom stereocenters. The zero-order valence-electron chi connectivity index (χ0n) is 12.4. The molecule has 3 N–H and O–H groups in total. The lowest BCUT2D eigenvalue weighted by molar-refractivity contribution is 0.115. The van der Waals surface area contributed by atoms with Crippen LogP contribution in [0.4, 0.5) is 5.69 Å². The highest BCUT2D eigenvalue weighted by atomic mass is 16.4. The number of piperazine rings is 1. The summed E-state index contributed by atoms with van der Waals surface area (Å²) in [4.78, 5) is 9.25. The standard InChI is InChI=1S/C15H23N5O/c1-11-9-19-8-3-2-5-12(19)10-20(11)13-6-4-7-17-14(13)15(16)18-21/h4,6-7,11-12,21H,2-3,5,8-10H2,1H3,(H2,16,18). The van der Waals surface area contributed by atoms with Crippen LogP contribution in [0, 0.1) is 0 Å². The van der Waals surface area contributed by atoms with Gasteiger partial charge in [-0.2, -0.15) is 0 Å². The van der Waals surface area contributed by atoms with Crippen LogP contribution in [0.2, 0.25) is 0 Å². The van der Waals surface area contributed by atoms with Crippen molar-refractivity contribution >= 4 is 11.5 Å². The highest BCUT2D eigenvalue weighted by molar-refractivity contribution is 6.00. The maximum atomic E-state index is 8.96. The van der Waals surface area contributed by atoms with Crippen LogP contribution in [0.25, 0.3) is 0 Å². The van der Waals surface area contributed by atoms with Crippen molar-refractivity contribution in [2.24, 2.45) is 10.9 Å². The Hall–Kier alpha value is -1.82.